The highest BCUT2D eigenvalue weighted by Gasteiger charge is 2.25. The van der Waals surface area contributed by atoms with E-state index >= 15 is 0 Å². The first-order valence-corrected chi connectivity index (χ1v) is 10.5. The number of amides is 1. The Bertz CT molecular complexity index is 901. The summed E-state index contributed by atoms with van der Waals surface area (Å²) in [5.41, 5.74) is 0.925. The van der Waals surface area contributed by atoms with Gasteiger partial charge in [0.25, 0.3) is 5.91 Å². The number of halogens is 1. The Morgan fingerprint density at radius 2 is 1.83 bits per heavy atom. The zero-order valence-corrected chi connectivity index (χ0v) is 17.3. The SMILES string of the molecule is Cc1ccc(C(=O)N2CCN(c3cc(N4CCCC(CO)C4)ncn3)CC2)cc1F. The molecule has 1 N–H and O–H groups in total. The molecule has 2 saturated heterocycles. The summed E-state index contributed by atoms with van der Waals surface area (Å²) in [6, 6.07) is 6.64. The summed E-state index contributed by atoms with van der Waals surface area (Å²) >= 11 is 0. The smallest absolute Gasteiger partial charge is 0.254 e. The molecule has 2 fully saturated rings. The van der Waals surface area contributed by atoms with Gasteiger partial charge in [-0.3, -0.25) is 4.79 Å². The molecule has 8 heteroatoms. The fourth-order valence-electron chi connectivity index (χ4n) is 4.15. The number of aliphatic hydroxyl groups excluding tert-OH is 1. The topological polar surface area (TPSA) is 72.8 Å². The van der Waals surface area contributed by atoms with Gasteiger partial charge in [0.15, 0.2) is 0 Å². The second-order valence-corrected chi connectivity index (χ2v) is 8.11. The number of hydrogen-bond donors (Lipinski definition) is 1. The Morgan fingerprint density at radius 3 is 2.53 bits per heavy atom. The van der Waals surface area contributed by atoms with Crippen molar-refractivity contribution in [3.63, 3.8) is 0 Å². The van der Waals surface area contributed by atoms with Gasteiger partial charge in [-0.1, -0.05) is 6.07 Å². The first kappa shape index (κ1) is 20.5. The number of carbonyl (C=O) groups is 1. The van der Waals surface area contributed by atoms with E-state index in [1.165, 1.54) is 6.07 Å². The lowest BCUT2D eigenvalue weighted by Gasteiger charge is -2.36. The molecule has 2 aromatic rings. The van der Waals surface area contributed by atoms with Crippen LogP contribution in [0.2, 0.25) is 0 Å². The van der Waals surface area contributed by atoms with E-state index in [1.54, 1.807) is 30.3 Å². The minimum atomic E-state index is -0.353. The highest BCUT2D eigenvalue weighted by atomic mass is 19.1. The van der Waals surface area contributed by atoms with Crippen LogP contribution in [0, 0.1) is 18.7 Å². The largest absolute Gasteiger partial charge is 0.396 e. The lowest BCUT2D eigenvalue weighted by Crippen LogP contribution is -2.49. The van der Waals surface area contributed by atoms with E-state index in [0.29, 0.717) is 43.2 Å². The highest BCUT2D eigenvalue weighted by Crippen LogP contribution is 2.24. The fraction of sp³-hybridized carbons (Fsp3) is 0.500. The van der Waals surface area contributed by atoms with Crippen LogP contribution in [0.1, 0.15) is 28.8 Å². The van der Waals surface area contributed by atoms with Gasteiger partial charge in [-0.2, -0.15) is 0 Å². The van der Waals surface area contributed by atoms with E-state index in [0.717, 1.165) is 37.6 Å². The molecule has 1 aromatic heterocycles. The van der Waals surface area contributed by atoms with E-state index in [2.05, 4.69) is 19.8 Å². The zero-order valence-electron chi connectivity index (χ0n) is 17.3. The van der Waals surface area contributed by atoms with E-state index in [9.17, 15) is 14.3 Å². The van der Waals surface area contributed by atoms with Crippen molar-refractivity contribution in [2.75, 3.05) is 55.7 Å². The van der Waals surface area contributed by atoms with Crippen LogP contribution in [-0.2, 0) is 0 Å². The van der Waals surface area contributed by atoms with E-state index in [-0.39, 0.29) is 18.3 Å². The number of anilines is 2. The molecule has 3 heterocycles. The summed E-state index contributed by atoms with van der Waals surface area (Å²) in [4.78, 5) is 27.7. The first-order valence-electron chi connectivity index (χ1n) is 10.5. The average molecular weight is 413 g/mol. The number of aliphatic hydroxyl groups is 1. The number of piperazine rings is 1. The zero-order chi connectivity index (χ0) is 21.1. The Balaban J connectivity index is 1.39. The van der Waals surface area contributed by atoms with Crippen LogP contribution in [0.15, 0.2) is 30.6 Å². The average Bonchev–Trinajstić information content (AvgIpc) is 2.80. The third-order valence-corrected chi connectivity index (χ3v) is 6.05. The minimum absolute atomic E-state index is 0.139. The van der Waals surface area contributed by atoms with Crippen LogP contribution in [0.3, 0.4) is 0 Å². The maximum atomic E-state index is 13.8. The van der Waals surface area contributed by atoms with E-state index in [4.69, 9.17) is 0 Å². The Labute approximate surface area is 176 Å². The van der Waals surface area contributed by atoms with Gasteiger partial charge in [-0.25, -0.2) is 14.4 Å². The molecule has 2 aliphatic rings. The van der Waals surface area contributed by atoms with Gasteiger partial charge >= 0.3 is 0 Å². The lowest BCUT2D eigenvalue weighted by atomic mass is 9.99. The maximum Gasteiger partial charge on any atom is 0.254 e. The molecule has 2 aliphatic heterocycles. The molecule has 0 aliphatic carbocycles. The van der Waals surface area contributed by atoms with Crippen molar-refractivity contribution in [2.45, 2.75) is 19.8 Å². The van der Waals surface area contributed by atoms with Crippen LogP contribution >= 0.6 is 0 Å². The highest BCUT2D eigenvalue weighted by molar-refractivity contribution is 5.94. The van der Waals surface area contributed by atoms with Gasteiger partial charge in [-0.15, -0.1) is 0 Å². The van der Waals surface area contributed by atoms with E-state index in [1.807, 2.05) is 6.07 Å². The Morgan fingerprint density at radius 1 is 1.10 bits per heavy atom. The molecule has 1 aromatic carbocycles. The predicted octanol–water partition coefficient (Wildman–Crippen LogP) is 2.10. The number of rotatable bonds is 4. The first-order chi connectivity index (χ1) is 14.5. The molecule has 30 heavy (non-hydrogen) atoms. The van der Waals surface area contributed by atoms with Crippen LogP contribution < -0.4 is 9.80 Å². The lowest BCUT2D eigenvalue weighted by molar-refractivity contribution is 0.0746. The predicted molar refractivity (Wildman–Crippen MR) is 113 cm³/mol. The third kappa shape index (κ3) is 4.38. The number of nitrogens with zero attached hydrogens (tertiary/aromatic N) is 5. The molecule has 160 valence electrons. The maximum absolute atomic E-state index is 13.8. The van der Waals surface area contributed by atoms with Crippen molar-refractivity contribution in [2.24, 2.45) is 5.92 Å². The molecule has 7 nitrogen and oxygen atoms in total. The van der Waals surface area contributed by atoms with Gasteiger partial charge < -0.3 is 19.8 Å². The van der Waals surface area contributed by atoms with E-state index < -0.39 is 0 Å². The molecule has 1 unspecified atom stereocenters. The van der Waals surface area contributed by atoms with Gasteiger partial charge in [0.1, 0.15) is 23.8 Å². The molecule has 1 atom stereocenters. The summed E-state index contributed by atoms with van der Waals surface area (Å²) < 4.78 is 13.8. The van der Waals surface area contributed by atoms with Crippen molar-refractivity contribution in [1.29, 1.82) is 0 Å². The number of aromatic nitrogens is 2. The second kappa shape index (κ2) is 8.95. The summed E-state index contributed by atoms with van der Waals surface area (Å²) in [5, 5.41) is 9.47. The van der Waals surface area contributed by atoms with Gasteiger partial charge in [0.2, 0.25) is 0 Å². The van der Waals surface area contributed by atoms with Crippen molar-refractivity contribution in [3.8, 4) is 0 Å². The quantitative estimate of drug-likeness (QED) is 0.828. The molecular weight excluding hydrogens is 385 g/mol. The summed E-state index contributed by atoms with van der Waals surface area (Å²) in [5.74, 6) is 1.53. The molecule has 0 bridgehead atoms. The summed E-state index contributed by atoms with van der Waals surface area (Å²) in [6.45, 7) is 6.08. The number of piperidine rings is 1. The molecule has 0 spiro atoms. The molecule has 0 saturated carbocycles. The number of carbonyl (C=O) groups excluding carboxylic acids is 1. The molecule has 4 rings (SSSR count). The Hall–Kier alpha value is -2.74. The van der Waals surface area contributed by atoms with Gasteiger partial charge in [0, 0.05) is 57.5 Å². The fourth-order valence-corrected chi connectivity index (χ4v) is 4.15. The molecular formula is C22H28FN5O2. The summed E-state index contributed by atoms with van der Waals surface area (Å²) in [7, 11) is 0. The van der Waals surface area contributed by atoms with Gasteiger partial charge in [0.05, 0.1) is 0 Å². The standard InChI is InChI=1S/C22H28FN5O2/c1-16-4-5-18(11-19(16)23)22(30)27-9-7-26(8-10-27)20-12-21(25-15-24-20)28-6-2-3-17(13-28)14-29/h4-5,11-12,15,17,29H,2-3,6-10,13-14H2,1H3. The minimum Gasteiger partial charge on any atom is -0.396 e. The van der Waals surface area contributed by atoms with Crippen molar-refractivity contribution in [1.82, 2.24) is 14.9 Å². The van der Waals surface area contributed by atoms with Crippen LogP contribution in [0.4, 0.5) is 16.0 Å². The van der Waals surface area contributed by atoms with Crippen LogP contribution in [-0.4, -0.2) is 71.8 Å². The normalized spacial score (nSPS) is 19.8. The molecule has 0 radical (unpaired) electrons. The number of benzene rings is 1. The van der Waals surface area contributed by atoms with Crippen molar-refractivity contribution in [3.05, 3.63) is 47.5 Å². The van der Waals surface area contributed by atoms with Crippen LogP contribution in [0.5, 0.6) is 0 Å². The number of aryl methyl sites for hydroxylation is 1. The number of hydrogen-bond acceptors (Lipinski definition) is 6. The third-order valence-electron chi connectivity index (χ3n) is 6.05. The molecule has 1 amide bonds. The monoisotopic (exact) mass is 413 g/mol. The second-order valence-electron chi connectivity index (χ2n) is 8.11. The summed E-state index contributed by atoms with van der Waals surface area (Å²) in [6.07, 6.45) is 3.68. The van der Waals surface area contributed by atoms with Crippen molar-refractivity contribution < 1.29 is 14.3 Å². The van der Waals surface area contributed by atoms with Crippen molar-refractivity contribution >= 4 is 17.5 Å². The Kier molecular flexibility index (Phi) is 6.13. The van der Waals surface area contributed by atoms with Gasteiger partial charge in [-0.05, 0) is 43.4 Å². The van der Waals surface area contributed by atoms with Crippen LogP contribution in [0.25, 0.3) is 0 Å².